The summed E-state index contributed by atoms with van der Waals surface area (Å²) >= 11 is 8.49. The summed E-state index contributed by atoms with van der Waals surface area (Å²) < 4.78 is 27.3. The molecule has 114 valence electrons. The van der Waals surface area contributed by atoms with Gasteiger partial charge in [-0.3, -0.25) is 0 Å². The second-order valence-electron chi connectivity index (χ2n) is 5.46. The maximum Gasteiger partial charge on any atom is 0.154 e. The number of hydrogen-bond donors (Lipinski definition) is 0. The summed E-state index contributed by atoms with van der Waals surface area (Å²) in [6, 6.07) is 6.00. The summed E-state index contributed by atoms with van der Waals surface area (Å²) in [6.45, 7) is 2.32. The van der Waals surface area contributed by atoms with E-state index in [1.807, 2.05) is 29.7 Å². The van der Waals surface area contributed by atoms with Gasteiger partial charge in [-0.2, -0.15) is 0 Å². The average Bonchev–Trinajstić information content (AvgIpc) is 2.91. The molecule has 1 aromatic carbocycles. The standard InChI is InChI=1S/C14H16ClIN2O2S/c1-9(15)14-17-12-7-10(16)4-5-13(12)18(14)8-11-3-2-6-21(11,19)20/h4-5,7,9,11H,2-3,6,8H2,1H3. The van der Waals surface area contributed by atoms with Crippen molar-refractivity contribution in [1.82, 2.24) is 9.55 Å². The average molecular weight is 439 g/mol. The van der Waals surface area contributed by atoms with Crippen molar-refractivity contribution in [3.8, 4) is 0 Å². The molecule has 1 aromatic heterocycles. The molecule has 2 aromatic rings. The SMILES string of the molecule is CC(Cl)c1nc2cc(I)ccc2n1CC1CCCS1(=O)=O. The van der Waals surface area contributed by atoms with E-state index in [1.165, 1.54) is 0 Å². The maximum absolute atomic E-state index is 12.1. The number of fused-ring (bicyclic) bond motifs is 1. The van der Waals surface area contributed by atoms with E-state index in [9.17, 15) is 8.42 Å². The van der Waals surface area contributed by atoms with Crippen molar-refractivity contribution in [3.05, 3.63) is 27.6 Å². The Morgan fingerprint density at radius 1 is 1.52 bits per heavy atom. The number of halogens is 2. The monoisotopic (exact) mass is 438 g/mol. The number of sulfone groups is 1. The van der Waals surface area contributed by atoms with E-state index >= 15 is 0 Å². The minimum absolute atomic E-state index is 0.251. The maximum atomic E-state index is 12.1. The molecule has 0 amide bonds. The predicted molar refractivity (Wildman–Crippen MR) is 93.5 cm³/mol. The zero-order valence-corrected chi connectivity index (χ0v) is 15.3. The van der Waals surface area contributed by atoms with Crippen LogP contribution in [0, 0.1) is 3.57 Å². The summed E-state index contributed by atoms with van der Waals surface area (Å²) in [7, 11) is -2.98. The van der Waals surface area contributed by atoms with E-state index in [2.05, 4.69) is 27.6 Å². The van der Waals surface area contributed by atoms with Gasteiger partial charge in [-0.05, 0) is 60.6 Å². The molecular formula is C14H16ClIN2O2S. The van der Waals surface area contributed by atoms with Crippen LogP contribution in [0.4, 0.5) is 0 Å². The molecule has 0 radical (unpaired) electrons. The molecule has 1 saturated heterocycles. The molecule has 1 aliphatic heterocycles. The highest BCUT2D eigenvalue weighted by Crippen LogP contribution is 2.29. The third-order valence-electron chi connectivity index (χ3n) is 3.94. The van der Waals surface area contributed by atoms with Crippen molar-refractivity contribution in [1.29, 1.82) is 0 Å². The highest BCUT2D eigenvalue weighted by atomic mass is 127. The quantitative estimate of drug-likeness (QED) is 0.544. The van der Waals surface area contributed by atoms with Gasteiger partial charge in [-0.15, -0.1) is 11.6 Å². The van der Waals surface area contributed by atoms with Gasteiger partial charge < -0.3 is 4.57 Å². The molecule has 7 heteroatoms. The third-order valence-corrected chi connectivity index (χ3v) is 7.07. The number of rotatable bonds is 3. The van der Waals surface area contributed by atoms with E-state index in [0.717, 1.165) is 33.3 Å². The fraction of sp³-hybridized carbons (Fsp3) is 0.500. The highest BCUT2D eigenvalue weighted by Gasteiger charge is 2.32. The fourth-order valence-electron chi connectivity index (χ4n) is 2.88. The van der Waals surface area contributed by atoms with Crippen molar-refractivity contribution < 1.29 is 8.42 Å². The summed E-state index contributed by atoms with van der Waals surface area (Å²) in [5.41, 5.74) is 1.83. The van der Waals surface area contributed by atoms with E-state index in [-0.39, 0.29) is 10.6 Å². The summed E-state index contributed by atoms with van der Waals surface area (Å²) in [5.74, 6) is 1.05. The van der Waals surface area contributed by atoms with Crippen molar-refractivity contribution in [2.45, 2.75) is 36.9 Å². The van der Waals surface area contributed by atoms with Crippen molar-refractivity contribution in [2.24, 2.45) is 0 Å². The van der Waals surface area contributed by atoms with Crippen LogP contribution in [0.2, 0.25) is 0 Å². The first-order chi connectivity index (χ1) is 9.88. The molecule has 0 bridgehead atoms. The Hall–Kier alpha value is -0.340. The molecular weight excluding hydrogens is 423 g/mol. The van der Waals surface area contributed by atoms with Crippen molar-refractivity contribution >= 4 is 55.1 Å². The Labute approximate surface area is 142 Å². The number of nitrogens with zero attached hydrogens (tertiary/aromatic N) is 2. The van der Waals surface area contributed by atoms with Crippen molar-refractivity contribution in [3.63, 3.8) is 0 Å². The summed E-state index contributed by atoms with van der Waals surface area (Å²) in [4.78, 5) is 4.59. The van der Waals surface area contributed by atoms with E-state index < -0.39 is 9.84 Å². The number of aromatic nitrogens is 2. The summed E-state index contributed by atoms with van der Waals surface area (Å²) in [6.07, 6.45) is 1.48. The molecule has 4 nitrogen and oxygen atoms in total. The Kier molecular flexibility index (Phi) is 4.22. The predicted octanol–water partition coefficient (Wildman–Crippen LogP) is 3.52. The number of imidazole rings is 1. The Balaban J connectivity index is 2.09. The first kappa shape index (κ1) is 15.6. The van der Waals surface area contributed by atoms with Gasteiger partial charge in [-0.1, -0.05) is 0 Å². The van der Waals surface area contributed by atoms with Gasteiger partial charge in [0.25, 0.3) is 0 Å². The fourth-order valence-corrected chi connectivity index (χ4v) is 5.33. The second-order valence-corrected chi connectivity index (χ2v) is 9.76. The molecule has 0 aliphatic carbocycles. The topological polar surface area (TPSA) is 52.0 Å². The van der Waals surface area contributed by atoms with Gasteiger partial charge in [0, 0.05) is 10.1 Å². The smallest absolute Gasteiger partial charge is 0.154 e. The van der Waals surface area contributed by atoms with Crippen LogP contribution in [0.15, 0.2) is 18.2 Å². The van der Waals surface area contributed by atoms with Crippen LogP contribution in [-0.2, 0) is 16.4 Å². The Morgan fingerprint density at radius 2 is 2.29 bits per heavy atom. The Bertz CT molecular complexity index is 786. The lowest BCUT2D eigenvalue weighted by molar-refractivity contribution is 0.562. The van der Waals surface area contributed by atoms with Gasteiger partial charge in [0.15, 0.2) is 9.84 Å². The molecule has 0 saturated carbocycles. The normalized spacial score (nSPS) is 22.7. The Morgan fingerprint density at radius 3 is 2.90 bits per heavy atom. The van der Waals surface area contributed by atoms with E-state index in [0.29, 0.717) is 12.3 Å². The second kappa shape index (κ2) is 5.70. The minimum atomic E-state index is -2.98. The molecule has 0 spiro atoms. The van der Waals surface area contributed by atoms with Gasteiger partial charge >= 0.3 is 0 Å². The molecule has 0 N–H and O–H groups in total. The largest absolute Gasteiger partial charge is 0.325 e. The van der Waals surface area contributed by atoms with E-state index in [1.54, 1.807) is 0 Å². The van der Waals surface area contributed by atoms with Crippen LogP contribution in [0.1, 0.15) is 31.0 Å². The number of benzene rings is 1. The number of alkyl halides is 1. The van der Waals surface area contributed by atoms with Gasteiger partial charge in [0.1, 0.15) is 5.82 Å². The van der Waals surface area contributed by atoms with Gasteiger partial charge in [0.2, 0.25) is 0 Å². The lowest BCUT2D eigenvalue weighted by Crippen LogP contribution is -2.23. The van der Waals surface area contributed by atoms with Gasteiger partial charge in [-0.25, -0.2) is 13.4 Å². The first-order valence-electron chi connectivity index (χ1n) is 6.90. The zero-order valence-electron chi connectivity index (χ0n) is 11.6. The van der Waals surface area contributed by atoms with Gasteiger partial charge in [0.05, 0.1) is 27.4 Å². The summed E-state index contributed by atoms with van der Waals surface area (Å²) in [5, 5.41) is -0.567. The van der Waals surface area contributed by atoms with Crippen LogP contribution in [-0.4, -0.2) is 29.0 Å². The third kappa shape index (κ3) is 2.94. The molecule has 2 unspecified atom stereocenters. The van der Waals surface area contributed by atoms with Crippen LogP contribution in [0.25, 0.3) is 11.0 Å². The molecule has 2 atom stereocenters. The first-order valence-corrected chi connectivity index (χ1v) is 10.1. The molecule has 1 aliphatic rings. The zero-order chi connectivity index (χ0) is 15.2. The molecule has 2 heterocycles. The lowest BCUT2D eigenvalue weighted by Gasteiger charge is -2.15. The van der Waals surface area contributed by atoms with Crippen molar-refractivity contribution in [2.75, 3.05) is 5.75 Å². The number of hydrogen-bond acceptors (Lipinski definition) is 3. The molecule has 21 heavy (non-hydrogen) atoms. The van der Waals surface area contributed by atoms with E-state index in [4.69, 9.17) is 11.6 Å². The molecule has 3 rings (SSSR count). The lowest BCUT2D eigenvalue weighted by atomic mass is 10.2. The van der Waals surface area contributed by atoms with Crippen LogP contribution in [0.3, 0.4) is 0 Å². The minimum Gasteiger partial charge on any atom is -0.325 e. The molecule has 1 fully saturated rings. The van der Waals surface area contributed by atoms with Crippen LogP contribution < -0.4 is 0 Å². The van der Waals surface area contributed by atoms with Crippen LogP contribution in [0.5, 0.6) is 0 Å². The van der Waals surface area contributed by atoms with Crippen LogP contribution >= 0.6 is 34.2 Å². The highest BCUT2D eigenvalue weighted by molar-refractivity contribution is 14.1.